The summed E-state index contributed by atoms with van der Waals surface area (Å²) in [4.78, 5) is 24.2. The Morgan fingerprint density at radius 2 is 2.15 bits per heavy atom. The predicted octanol–water partition coefficient (Wildman–Crippen LogP) is 2.29. The van der Waals surface area contributed by atoms with Crippen LogP contribution in [-0.2, 0) is 20.9 Å². The van der Waals surface area contributed by atoms with Gasteiger partial charge in [-0.3, -0.25) is 9.59 Å². The van der Waals surface area contributed by atoms with Gasteiger partial charge in [-0.05, 0) is 24.6 Å². The Bertz CT molecular complexity index is 464. The van der Waals surface area contributed by atoms with E-state index >= 15 is 0 Å². The molecule has 1 aromatic rings. The van der Waals surface area contributed by atoms with Crippen molar-refractivity contribution in [3.63, 3.8) is 0 Å². The summed E-state index contributed by atoms with van der Waals surface area (Å²) >= 11 is 3.37. The van der Waals surface area contributed by atoms with Crippen LogP contribution in [0.1, 0.15) is 18.9 Å². The Balaban J connectivity index is 2.70. The van der Waals surface area contributed by atoms with Gasteiger partial charge in [0.2, 0.25) is 5.91 Å². The third-order valence-corrected chi connectivity index (χ3v) is 3.13. The maximum Gasteiger partial charge on any atom is 0.305 e. The van der Waals surface area contributed by atoms with E-state index in [0.717, 1.165) is 10.0 Å². The second-order valence-corrected chi connectivity index (χ2v) is 5.14. The zero-order chi connectivity index (χ0) is 15.0. The fourth-order valence-electron chi connectivity index (χ4n) is 1.66. The van der Waals surface area contributed by atoms with Gasteiger partial charge < -0.3 is 14.7 Å². The first-order valence-corrected chi connectivity index (χ1v) is 7.14. The predicted molar refractivity (Wildman–Crippen MR) is 78.3 cm³/mol. The van der Waals surface area contributed by atoms with Gasteiger partial charge >= 0.3 is 5.97 Å². The minimum Gasteiger partial charge on any atom is -0.481 e. The highest BCUT2D eigenvalue weighted by Crippen LogP contribution is 2.14. The van der Waals surface area contributed by atoms with Gasteiger partial charge in [0.05, 0.1) is 6.42 Å². The van der Waals surface area contributed by atoms with Gasteiger partial charge in [0.1, 0.15) is 6.61 Å². The van der Waals surface area contributed by atoms with Crippen molar-refractivity contribution in [3.8, 4) is 0 Å². The summed E-state index contributed by atoms with van der Waals surface area (Å²) < 4.78 is 6.02. The molecule has 0 aliphatic carbocycles. The highest BCUT2D eigenvalue weighted by atomic mass is 79.9. The van der Waals surface area contributed by atoms with Gasteiger partial charge in [-0.2, -0.15) is 0 Å². The van der Waals surface area contributed by atoms with Crippen LogP contribution in [-0.4, -0.2) is 41.6 Å². The summed E-state index contributed by atoms with van der Waals surface area (Å²) in [7, 11) is 0. The maximum absolute atomic E-state index is 12.0. The third kappa shape index (κ3) is 6.16. The molecule has 0 aliphatic heterocycles. The van der Waals surface area contributed by atoms with Crippen LogP contribution in [0.15, 0.2) is 28.7 Å². The monoisotopic (exact) mass is 343 g/mol. The lowest BCUT2D eigenvalue weighted by molar-refractivity contribution is -0.140. The SMILES string of the molecule is CCOCC(=O)N(CCC(=O)O)Cc1cccc(Br)c1. The summed E-state index contributed by atoms with van der Waals surface area (Å²) in [5.41, 5.74) is 0.939. The zero-order valence-electron chi connectivity index (χ0n) is 11.3. The van der Waals surface area contributed by atoms with Gasteiger partial charge in [0.25, 0.3) is 0 Å². The molecule has 6 heteroatoms. The minimum atomic E-state index is -0.923. The number of ether oxygens (including phenoxy) is 1. The van der Waals surface area contributed by atoms with E-state index in [1.807, 2.05) is 31.2 Å². The fraction of sp³-hybridized carbons (Fsp3) is 0.429. The summed E-state index contributed by atoms with van der Waals surface area (Å²) in [6.07, 6.45) is -0.0775. The van der Waals surface area contributed by atoms with Gasteiger partial charge in [-0.1, -0.05) is 28.1 Å². The molecule has 0 fully saturated rings. The highest BCUT2D eigenvalue weighted by Gasteiger charge is 2.15. The number of nitrogens with zero attached hydrogens (tertiary/aromatic N) is 1. The Kier molecular flexibility index (Phi) is 7.25. The molecule has 0 aromatic heterocycles. The van der Waals surface area contributed by atoms with Crippen molar-refractivity contribution in [2.45, 2.75) is 19.9 Å². The summed E-state index contributed by atoms with van der Waals surface area (Å²) in [5, 5.41) is 8.75. The molecule has 1 aromatic carbocycles. The number of amides is 1. The van der Waals surface area contributed by atoms with Gasteiger partial charge in [0, 0.05) is 24.2 Å². The number of aliphatic carboxylic acids is 1. The molecule has 110 valence electrons. The number of rotatable bonds is 8. The molecule has 1 amide bonds. The third-order valence-electron chi connectivity index (χ3n) is 2.64. The van der Waals surface area contributed by atoms with Crippen LogP contribution in [0.3, 0.4) is 0 Å². The van der Waals surface area contributed by atoms with Crippen molar-refractivity contribution in [2.75, 3.05) is 19.8 Å². The number of halogens is 1. The highest BCUT2D eigenvalue weighted by molar-refractivity contribution is 9.10. The standard InChI is InChI=1S/C14H18BrNO4/c1-2-20-10-13(17)16(7-6-14(18)19)9-11-4-3-5-12(15)8-11/h3-5,8H,2,6-7,9-10H2,1H3,(H,18,19). The molecule has 0 heterocycles. The molecular weight excluding hydrogens is 326 g/mol. The largest absolute Gasteiger partial charge is 0.481 e. The van der Waals surface area contributed by atoms with Crippen LogP contribution in [0.25, 0.3) is 0 Å². The van der Waals surface area contributed by atoms with E-state index in [1.165, 1.54) is 4.90 Å². The van der Waals surface area contributed by atoms with E-state index in [0.29, 0.717) is 13.2 Å². The summed E-state index contributed by atoms with van der Waals surface area (Å²) in [6.45, 7) is 2.79. The van der Waals surface area contributed by atoms with E-state index in [4.69, 9.17) is 9.84 Å². The maximum atomic E-state index is 12.0. The second-order valence-electron chi connectivity index (χ2n) is 4.23. The molecule has 1 N–H and O–H groups in total. The lowest BCUT2D eigenvalue weighted by Gasteiger charge is -2.22. The lowest BCUT2D eigenvalue weighted by Crippen LogP contribution is -2.35. The number of hydrogen-bond donors (Lipinski definition) is 1. The van der Waals surface area contributed by atoms with E-state index in [1.54, 1.807) is 0 Å². The molecule has 20 heavy (non-hydrogen) atoms. The van der Waals surface area contributed by atoms with Gasteiger partial charge in [0.15, 0.2) is 0 Å². The van der Waals surface area contributed by atoms with E-state index in [9.17, 15) is 9.59 Å². The number of benzene rings is 1. The first-order chi connectivity index (χ1) is 9.52. The van der Waals surface area contributed by atoms with Crippen molar-refractivity contribution in [1.29, 1.82) is 0 Å². The molecular formula is C14H18BrNO4. The lowest BCUT2D eigenvalue weighted by atomic mass is 10.2. The molecule has 0 unspecified atom stereocenters. The Labute approximate surface area is 126 Å². The average molecular weight is 344 g/mol. The van der Waals surface area contributed by atoms with Crippen LogP contribution < -0.4 is 0 Å². The van der Waals surface area contributed by atoms with E-state index in [-0.39, 0.29) is 25.5 Å². The Morgan fingerprint density at radius 3 is 2.75 bits per heavy atom. The van der Waals surface area contributed by atoms with Crippen molar-refractivity contribution < 1.29 is 19.4 Å². The van der Waals surface area contributed by atoms with Crippen molar-refractivity contribution in [1.82, 2.24) is 4.90 Å². The smallest absolute Gasteiger partial charge is 0.305 e. The van der Waals surface area contributed by atoms with Crippen molar-refractivity contribution in [3.05, 3.63) is 34.3 Å². The van der Waals surface area contributed by atoms with Crippen molar-refractivity contribution in [2.24, 2.45) is 0 Å². The van der Waals surface area contributed by atoms with Gasteiger partial charge in [-0.25, -0.2) is 0 Å². The minimum absolute atomic E-state index is 0.0237. The molecule has 0 spiro atoms. The topological polar surface area (TPSA) is 66.8 Å². The van der Waals surface area contributed by atoms with E-state index < -0.39 is 5.97 Å². The number of carbonyl (C=O) groups excluding carboxylic acids is 1. The average Bonchev–Trinajstić information content (AvgIpc) is 2.40. The summed E-state index contributed by atoms with van der Waals surface area (Å²) in [6, 6.07) is 7.57. The number of hydrogen-bond acceptors (Lipinski definition) is 3. The number of carbonyl (C=O) groups is 2. The Hall–Kier alpha value is -1.40. The number of carboxylic acid groups (broad SMARTS) is 1. The quantitative estimate of drug-likeness (QED) is 0.786. The zero-order valence-corrected chi connectivity index (χ0v) is 12.9. The van der Waals surface area contributed by atoms with Crippen LogP contribution >= 0.6 is 15.9 Å². The molecule has 0 aliphatic rings. The first-order valence-electron chi connectivity index (χ1n) is 6.34. The molecule has 1 rings (SSSR count). The van der Waals surface area contributed by atoms with Crippen molar-refractivity contribution >= 4 is 27.8 Å². The van der Waals surface area contributed by atoms with Crippen LogP contribution in [0, 0.1) is 0 Å². The molecule has 0 saturated carbocycles. The van der Waals surface area contributed by atoms with Crippen LogP contribution in [0.4, 0.5) is 0 Å². The molecule has 0 bridgehead atoms. The summed E-state index contributed by atoms with van der Waals surface area (Å²) in [5.74, 6) is -1.12. The molecule has 0 radical (unpaired) electrons. The van der Waals surface area contributed by atoms with E-state index in [2.05, 4.69) is 15.9 Å². The Morgan fingerprint density at radius 1 is 1.40 bits per heavy atom. The van der Waals surface area contributed by atoms with Gasteiger partial charge in [-0.15, -0.1) is 0 Å². The molecule has 0 atom stereocenters. The van der Waals surface area contributed by atoms with Crippen LogP contribution in [0.5, 0.6) is 0 Å². The normalized spacial score (nSPS) is 10.3. The molecule has 5 nitrogen and oxygen atoms in total. The van der Waals surface area contributed by atoms with Crippen LogP contribution in [0.2, 0.25) is 0 Å². The molecule has 0 saturated heterocycles. The number of carboxylic acids is 1. The second kappa shape index (κ2) is 8.71. The fourth-order valence-corrected chi connectivity index (χ4v) is 2.11. The first kappa shape index (κ1) is 16.7.